The summed E-state index contributed by atoms with van der Waals surface area (Å²) in [6, 6.07) is 7.67. The summed E-state index contributed by atoms with van der Waals surface area (Å²) in [5, 5.41) is 13.7. The molecule has 0 spiro atoms. The number of amides is 1. The predicted molar refractivity (Wildman–Crippen MR) is 149 cm³/mol. The highest BCUT2D eigenvalue weighted by atomic mass is 16.5. The highest BCUT2D eigenvalue weighted by molar-refractivity contribution is 5.99. The lowest BCUT2D eigenvalue weighted by Crippen LogP contribution is -2.36. The van der Waals surface area contributed by atoms with E-state index in [0.29, 0.717) is 35.7 Å². The van der Waals surface area contributed by atoms with Crippen molar-refractivity contribution in [2.75, 3.05) is 36.5 Å². The molecule has 9 heteroatoms. The Morgan fingerprint density at radius 3 is 2.44 bits per heavy atom. The maximum Gasteiger partial charge on any atom is 0.413 e. The van der Waals surface area contributed by atoms with Crippen molar-refractivity contribution in [3.8, 4) is 11.3 Å². The fourth-order valence-corrected chi connectivity index (χ4v) is 5.91. The van der Waals surface area contributed by atoms with Crippen LogP contribution in [0.1, 0.15) is 68.1 Å². The van der Waals surface area contributed by atoms with Crippen molar-refractivity contribution in [3.63, 3.8) is 0 Å². The van der Waals surface area contributed by atoms with E-state index in [1.54, 1.807) is 12.4 Å². The number of carbonyl (C=O) groups excluding carboxylic acids is 1. The fourth-order valence-electron chi connectivity index (χ4n) is 5.91. The number of ketones is 1. The molecular weight excluding hydrogens is 494 g/mol. The van der Waals surface area contributed by atoms with Gasteiger partial charge in [0.05, 0.1) is 18.1 Å². The monoisotopic (exact) mass is 531 g/mol. The maximum atomic E-state index is 12.5. The van der Waals surface area contributed by atoms with Crippen LogP contribution in [0.2, 0.25) is 0 Å². The first-order valence-electron chi connectivity index (χ1n) is 14.4. The summed E-state index contributed by atoms with van der Waals surface area (Å²) < 4.78 is 7.44. The van der Waals surface area contributed by atoms with Crippen LogP contribution in [-0.4, -0.2) is 57.7 Å². The molecule has 6 rings (SSSR count). The number of hydrogen-bond donors (Lipinski definition) is 2. The van der Waals surface area contributed by atoms with Crippen molar-refractivity contribution in [1.82, 2.24) is 14.4 Å². The van der Waals surface area contributed by atoms with Crippen molar-refractivity contribution in [3.05, 3.63) is 42.2 Å². The van der Waals surface area contributed by atoms with E-state index in [-0.39, 0.29) is 11.7 Å². The Bertz CT molecular complexity index is 1320. The number of Topliss-reactive ketones (excluding diaryl/α,β-unsaturated/α-hetero) is 1. The van der Waals surface area contributed by atoms with Crippen molar-refractivity contribution >= 4 is 29.2 Å². The number of benzene rings is 1. The smallest absolute Gasteiger partial charge is 0.413 e. The molecule has 9 nitrogen and oxygen atoms in total. The van der Waals surface area contributed by atoms with E-state index in [1.165, 1.54) is 11.3 Å². The molecule has 3 aromatic rings. The zero-order chi connectivity index (χ0) is 26.8. The van der Waals surface area contributed by atoms with Gasteiger partial charge in [0.15, 0.2) is 23.1 Å². The molecule has 2 aromatic heterocycles. The molecule has 206 valence electrons. The van der Waals surface area contributed by atoms with E-state index in [1.807, 2.05) is 28.7 Å². The molecule has 2 saturated carbocycles. The van der Waals surface area contributed by atoms with Gasteiger partial charge in [-0.2, -0.15) is 0 Å². The van der Waals surface area contributed by atoms with Gasteiger partial charge in [-0.05, 0) is 50.4 Å². The average Bonchev–Trinajstić information content (AvgIpc) is 3.74. The van der Waals surface area contributed by atoms with Crippen LogP contribution in [0.5, 0.6) is 0 Å². The molecule has 2 N–H and O–H groups in total. The third kappa shape index (κ3) is 5.78. The van der Waals surface area contributed by atoms with Crippen LogP contribution in [-0.2, 0) is 4.74 Å². The van der Waals surface area contributed by atoms with Crippen LogP contribution in [0.25, 0.3) is 16.9 Å². The number of nitrogens with zero attached hydrogens (tertiary/aromatic N) is 4. The number of rotatable bonds is 9. The summed E-state index contributed by atoms with van der Waals surface area (Å²) in [5.41, 5.74) is 3.13. The first-order chi connectivity index (χ1) is 19.1. The van der Waals surface area contributed by atoms with Crippen LogP contribution in [0.15, 0.2) is 36.7 Å². The molecule has 1 aliphatic heterocycles. The summed E-state index contributed by atoms with van der Waals surface area (Å²) in [6.07, 6.45) is 12.1. The number of ether oxygens (including phenoxy) is 1. The van der Waals surface area contributed by atoms with Gasteiger partial charge >= 0.3 is 6.09 Å². The third-order valence-corrected chi connectivity index (χ3v) is 8.46. The van der Waals surface area contributed by atoms with Crippen molar-refractivity contribution in [2.45, 2.75) is 57.8 Å². The SMILES string of the molecule is O=C(c1ccc(-c2cnc3c(NCC4CCOCC4)nc(N(CC4CCCCC4)C(=O)O)cn23)cc1)C1CC1. The molecule has 1 amide bonds. The molecule has 0 radical (unpaired) electrons. The van der Waals surface area contributed by atoms with Crippen molar-refractivity contribution in [1.29, 1.82) is 0 Å². The van der Waals surface area contributed by atoms with E-state index >= 15 is 0 Å². The summed E-state index contributed by atoms with van der Waals surface area (Å²) in [4.78, 5) is 35.9. The standard InChI is InChI=1S/C30H37N5O4/c36-27(24-10-11-24)23-8-6-22(7-9-23)25-17-32-29-28(31-16-20-12-14-39-15-13-20)33-26(19-34(25)29)35(30(37)38)18-21-4-2-1-3-5-21/h6-9,17,19-21,24H,1-5,10-16,18H2,(H,31,33)(H,37,38). The minimum atomic E-state index is -0.993. The van der Waals surface area contributed by atoms with E-state index in [0.717, 1.165) is 87.9 Å². The van der Waals surface area contributed by atoms with Crippen LogP contribution in [0.3, 0.4) is 0 Å². The van der Waals surface area contributed by atoms with Gasteiger partial charge in [0.1, 0.15) is 0 Å². The molecule has 3 heterocycles. The van der Waals surface area contributed by atoms with Gasteiger partial charge in [-0.25, -0.2) is 14.8 Å². The van der Waals surface area contributed by atoms with Gasteiger partial charge < -0.3 is 15.2 Å². The number of carboxylic acid groups (broad SMARTS) is 1. The minimum absolute atomic E-state index is 0.177. The number of aromatic nitrogens is 3. The lowest BCUT2D eigenvalue weighted by atomic mass is 9.89. The quantitative estimate of drug-likeness (QED) is 0.331. The second kappa shape index (κ2) is 11.3. The summed E-state index contributed by atoms with van der Waals surface area (Å²) in [5.74, 6) is 2.18. The van der Waals surface area contributed by atoms with Crippen molar-refractivity contribution < 1.29 is 19.4 Å². The van der Waals surface area contributed by atoms with Gasteiger partial charge in [0.25, 0.3) is 0 Å². The minimum Gasteiger partial charge on any atom is -0.465 e. The van der Waals surface area contributed by atoms with Gasteiger partial charge in [-0.15, -0.1) is 0 Å². The lowest BCUT2D eigenvalue weighted by Gasteiger charge is -2.28. The van der Waals surface area contributed by atoms with Gasteiger partial charge in [-0.1, -0.05) is 43.5 Å². The molecule has 3 aliphatic rings. The van der Waals surface area contributed by atoms with E-state index in [4.69, 9.17) is 14.7 Å². The highest BCUT2D eigenvalue weighted by Crippen LogP contribution is 2.34. The average molecular weight is 532 g/mol. The Kier molecular flexibility index (Phi) is 7.50. The fraction of sp³-hybridized carbons (Fsp3) is 0.533. The second-order valence-corrected chi connectivity index (χ2v) is 11.3. The highest BCUT2D eigenvalue weighted by Gasteiger charge is 2.30. The Labute approximate surface area is 228 Å². The number of anilines is 2. The Hall–Kier alpha value is -3.46. The number of hydrogen-bond acceptors (Lipinski definition) is 6. The number of fused-ring (bicyclic) bond motifs is 1. The maximum absolute atomic E-state index is 12.5. The summed E-state index contributed by atoms with van der Waals surface area (Å²) >= 11 is 0. The number of carbonyl (C=O) groups is 2. The van der Waals surface area contributed by atoms with Gasteiger partial charge in [0, 0.05) is 43.3 Å². The van der Waals surface area contributed by atoms with Crippen LogP contribution >= 0.6 is 0 Å². The topological polar surface area (TPSA) is 109 Å². The Morgan fingerprint density at radius 1 is 1.00 bits per heavy atom. The molecule has 3 fully saturated rings. The van der Waals surface area contributed by atoms with E-state index in [2.05, 4.69) is 5.32 Å². The van der Waals surface area contributed by atoms with Gasteiger partial charge in [-0.3, -0.25) is 14.1 Å². The predicted octanol–water partition coefficient (Wildman–Crippen LogP) is 5.89. The normalized spacial score (nSPS) is 18.8. The number of imidazole rings is 1. The van der Waals surface area contributed by atoms with E-state index < -0.39 is 6.09 Å². The molecule has 0 bridgehead atoms. The first-order valence-corrected chi connectivity index (χ1v) is 14.4. The second-order valence-electron chi connectivity index (χ2n) is 11.3. The molecule has 1 saturated heterocycles. The van der Waals surface area contributed by atoms with Crippen LogP contribution in [0, 0.1) is 17.8 Å². The summed E-state index contributed by atoms with van der Waals surface area (Å²) in [7, 11) is 0. The Morgan fingerprint density at radius 2 is 1.74 bits per heavy atom. The van der Waals surface area contributed by atoms with E-state index in [9.17, 15) is 14.7 Å². The number of nitrogens with one attached hydrogen (secondary N) is 1. The third-order valence-electron chi connectivity index (χ3n) is 8.46. The van der Waals surface area contributed by atoms with Gasteiger partial charge in [0.2, 0.25) is 0 Å². The lowest BCUT2D eigenvalue weighted by molar-refractivity contribution is 0.0699. The molecule has 1 aromatic carbocycles. The molecule has 39 heavy (non-hydrogen) atoms. The molecular formula is C30H37N5O4. The first kappa shape index (κ1) is 25.8. The van der Waals surface area contributed by atoms with Crippen molar-refractivity contribution in [2.24, 2.45) is 17.8 Å². The molecule has 2 aliphatic carbocycles. The zero-order valence-electron chi connectivity index (χ0n) is 22.3. The van der Waals surface area contributed by atoms with Crippen LogP contribution < -0.4 is 10.2 Å². The Balaban J connectivity index is 1.35. The van der Waals surface area contributed by atoms with Crippen LogP contribution in [0.4, 0.5) is 16.4 Å². The molecule has 0 atom stereocenters. The molecule has 0 unspecified atom stereocenters. The zero-order valence-corrected chi connectivity index (χ0v) is 22.3. The summed E-state index contributed by atoms with van der Waals surface area (Å²) in [6.45, 7) is 2.69. The largest absolute Gasteiger partial charge is 0.465 e.